The summed E-state index contributed by atoms with van der Waals surface area (Å²) in [5.74, 6) is -0.0918. The molecule has 17 heavy (non-hydrogen) atoms. The molecule has 0 saturated carbocycles. The second-order valence-electron chi connectivity index (χ2n) is 3.68. The van der Waals surface area contributed by atoms with Crippen LogP contribution in [0.3, 0.4) is 0 Å². The second-order valence-corrected chi connectivity index (χ2v) is 3.68. The van der Waals surface area contributed by atoms with Crippen LogP contribution in [0.25, 0.3) is 0 Å². The number of hydrogen-bond donors (Lipinski definition) is 1. The molecule has 1 aromatic rings. The smallest absolute Gasteiger partial charge is 0.241 e. The maximum Gasteiger partial charge on any atom is 0.241 e. The van der Waals surface area contributed by atoms with Crippen molar-refractivity contribution in [2.24, 2.45) is 0 Å². The van der Waals surface area contributed by atoms with Crippen LogP contribution in [0.5, 0.6) is 0 Å². The Balaban J connectivity index is 1.94. The van der Waals surface area contributed by atoms with Gasteiger partial charge in [-0.1, -0.05) is 13.3 Å². The molecule has 1 aromatic heterocycles. The van der Waals surface area contributed by atoms with Crippen molar-refractivity contribution < 1.29 is 9.53 Å². The average Bonchev–Trinajstić information content (AvgIpc) is 2.80. The lowest BCUT2D eigenvalue weighted by Gasteiger charge is -2.05. The Morgan fingerprint density at radius 2 is 2.24 bits per heavy atom. The Kier molecular flexibility index (Phi) is 6.89. The van der Waals surface area contributed by atoms with E-state index < -0.39 is 0 Å². The van der Waals surface area contributed by atoms with Crippen LogP contribution in [0.4, 0.5) is 0 Å². The third-order valence-corrected chi connectivity index (χ3v) is 2.13. The molecule has 0 saturated heterocycles. The number of hydrogen-bond acceptors (Lipinski definition) is 5. The van der Waals surface area contributed by atoms with Crippen LogP contribution >= 0.6 is 0 Å². The molecule has 0 unspecified atom stereocenters. The molecule has 1 amide bonds. The molecule has 0 radical (unpaired) electrons. The van der Waals surface area contributed by atoms with Crippen molar-refractivity contribution in [2.75, 3.05) is 19.8 Å². The number of ether oxygens (including phenoxy) is 1. The molecule has 7 nitrogen and oxygen atoms in total. The van der Waals surface area contributed by atoms with Crippen LogP contribution in [0, 0.1) is 0 Å². The Labute approximate surface area is 101 Å². The van der Waals surface area contributed by atoms with Gasteiger partial charge >= 0.3 is 0 Å². The number of nitrogens with one attached hydrogen (secondary N) is 1. The van der Waals surface area contributed by atoms with Crippen LogP contribution in [0.2, 0.25) is 0 Å². The van der Waals surface area contributed by atoms with Crippen molar-refractivity contribution in [3.05, 3.63) is 6.33 Å². The van der Waals surface area contributed by atoms with Gasteiger partial charge in [-0.2, -0.15) is 0 Å². The molecule has 0 aliphatic rings. The first-order valence-corrected chi connectivity index (χ1v) is 5.88. The first-order chi connectivity index (χ1) is 8.33. The molecule has 1 N–H and O–H groups in total. The van der Waals surface area contributed by atoms with Crippen molar-refractivity contribution in [2.45, 2.75) is 32.7 Å². The van der Waals surface area contributed by atoms with Crippen LogP contribution < -0.4 is 5.32 Å². The zero-order valence-electron chi connectivity index (χ0n) is 10.1. The van der Waals surface area contributed by atoms with Gasteiger partial charge in [0.1, 0.15) is 12.9 Å². The van der Waals surface area contributed by atoms with Gasteiger partial charge in [0.2, 0.25) is 5.91 Å². The lowest BCUT2D eigenvalue weighted by molar-refractivity contribution is -0.121. The minimum absolute atomic E-state index is 0.0918. The fraction of sp³-hybridized carbons (Fsp3) is 0.800. The van der Waals surface area contributed by atoms with E-state index in [1.807, 2.05) is 0 Å². The highest BCUT2D eigenvalue weighted by atomic mass is 16.5. The number of rotatable bonds is 9. The fourth-order valence-electron chi connectivity index (χ4n) is 1.21. The average molecular weight is 241 g/mol. The van der Waals surface area contributed by atoms with E-state index in [0.717, 1.165) is 25.9 Å². The summed E-state index contributed by atoms with van der Waals surface area (Å²) in [6.45, 7) is 4.39. The largest absolute Gasteiger partial charge is 0.381 e. The number of aromatic nitrogens is 4. The Morgan fingerprint density at radius 1 is 1.41 bits per heavy atom. The van der Waals surface area contributed by atoms with Gasteiger partial charge in [0.25, 0.3) is 0 Å². The Morgan fingerprint density at radius 3 is 2.94 bits per heavy atom. The van der Waals surface area contributed by atoms with E-state index in [4.69, 9.17) is 4.74 Å². The molecule has 0 fully saturated rings. The van der Waals surface area contributed by atoms with Crippen LogP contribution in [0.1, 0.15) is 26.2 Å². The van der Waals surface area contributed by atoms with E-state index in [1.54, 1.807) is 0 Å². The fourth-order valence-corrected chi connectivity index (χ4v) is 1.21. The summed E-state index contributed by atoms with van der Waals surface area (Å²) < 4.78 is 6.75. The SMILES string of the molecule is CCCCOCCCNC(=O)Cn1cnnn1. The summed E-state index contributed by atoms with van der Waals surface area (Å²) in [6, 6.07) is 0. The molecule has 7 heteroatoms. The number of unbranched alkanes of at least 4 members (excludes halogenated alkanes) is 1. The lowest BCUT2D eigenvalue weighted by Crippen LogP contribution is -2.29. The Hall–Kier alpha value is -1.50. The van der Waals surface area contributed by atoms with Crippen molar-refractivity contribution in [1.82, 2.24) is 25.5 Å². The summed E-state index contributed by atoms with van der Waals surface area (Å²) in [5.41, 5.74) is 0. The monoisotopic (exact) mass is 241 g/mol. The minimum atomic E-state index is -0.0918. The summed E-state index contributed by atoms with van der Waals surface area (Å²) in [7, 11) is 0. The maximum absolute atomic E-state index is 11.4. The number of amides is 1. The molecule has 0 aliphatic carbocycles. The summed E-state index contributed by atoms with van der Waals surface area (Å²) in [4.78, 5) is 11.4. The van der Waals surface area contributed by atoms with Gasteiger partial charge < -0.3 is 10.1 Å². The highest BCUT2D eigenvalue weighted by Crippen LogP contribution is 1.89. The third-order valence-electron chi connectivity index (χ3n) is 2.13. The zero-order valence-corrected chi connectivity index (χ0v) is 10.1. The molecular formula is C10H19N5O2. The van der Waals surface area contributed by atoms with Gasteiger partial charge in [0.15, 0.2) is 0 Å². The summed E-state index contributed by atoms with van der Waals surface area (Å²) >= 11 is 0. The molecule has 1 heterocycles. The first kappa shape index (κ1) is 13.6. The van der Waals surface area contributed by atoms with Gasteiger partial charge in [-0.15, -0.1) is 5.10 Å². The quantitative estimate of drug-likeness (QED) is 0.615. The van der Waals surface area contributed by atoms with Crippen LogP contribution in [-0.2, 0) is 16.1 Å². The molecular weight excluding hydrogens is 222 g/mol. The summed E-state index contributed by atoms with van der Waals surface area (Å²) in [6.07, 6.45) is 4.47. The minimum Gasteiger partial charge on any atom is -0.381 e. The second kappa shape index (κ2) is 8.63. The highest BCUT2D eigenvalue weighted by molar-refractivity contribution is 5.75. The number of tetrazole rings is 1. The Bertz CT molecular complexity index is 302. The van der Waals surface area contributed by atoms with E-state index in [2.05, 4.69) is 27.8 Å². The molecule has 0 atom stereocenters. The molecule has 0 bridgehead atoms. The predicted octanol–water partition coefficient (Wildman–Crippen LogP) is -0.00390. The van der Waals surface area contributed by atoms with E-state index >= 15 is 0 Å². The molecule has 1 rings (SSSR count). The third kappa shape index (κ3) is 6.62. The van der Waals surface area contributed by atoms with E-state index in [1.165, 1.54) is 11.0 Å². The van der Waals surface area contributed by atoms with Gasteiger partial charge in [0.05, 0.1) is 0 Å². The number of carbonyl (C=O) groups is 1. The standard InChI is InChI=1S/C10H19N5O2/c1-2-3-6-17-7-4-5-11-10(16)8-15-9-12-13-14-15/h9H,2-8H2,1H3,(H,11,16). The normalized spacial score (nSPS) is 10.4. The van der Waals surface area contributed by atoms with Gasteiger partial charge in [0, 0.05) is 19.8 Å². The van der Waals surface area contributed by atoms with Crippen molar-refractivity contribution >= 4 is 5.91 Å². The van der Waals surface area contributed by atoms with Crippen LogP contribution in [0.15, 0.2) is 6.33 Å². The first-order valence-electron chi connectivity index (χ1n) is 5.88. The molecule has 0 spiro atoms. The molecule has 0 aromatic carbocycles. The van der Waals surface area contributed by atoms with Gasteiger partial charge in [-0.3, -0.25) is 4.79 Å². The molecule has 0 aliphatic heterocycles. The summed E-state index contributed by atoms with van der Waals surface area (Å²) in [5, 5.41) is 13.3. The van der Waals surface area contributed by atoms with E-state index in [-0.39, 0.29) is 12.5 Å². The van der Waals surface area contributed by atoms with E-state index in [0.29, 0.717) is 13.2 Å². The van der Waals surface area contributed by atoms with Crippen molar-refractivity contribution in [1.29, 1.82) is 0 Å². The zero-order chi connectivity index (χ0) is 12.3. The van der Waals surface area contributed by atoms with E-state index in [9.17, 15) is 4.79 Å². The van der Waals surface area contributed by atoms with Crippen LogP contribution in [-0.4, -0.2) is 45.9 Å². The van der Waals surface area contributed by atoms with Gasteiger partial charge in [-0.25, -0.2) is 4.68 Å². The van der Waals surface area contributed by atoms with Crippen molar-refractivity contribution in [3.8, 4) is 0 Å². The molecule has 96 valence electrons. The highest BCUT2D eigenvalue weighted by Gasteiger charge is 2.02. The predicted molar refractivity (Wildman–Crippen MR) is 61.2 cm³/mol. The maximum atomic E-state index is 11.4. The number of carbonyl (C=O) groups excluding carboxylic acids is 1. The van der Waals surface area contributed by atoms with Gasteiger partial charge in [-0.05, 0) is 23.3 Å². The number of nitrogens with zero attached hydrogens (tertiary/aromatic N) is 4. The lowest BCUT2D eigenvalue weighted by atomic mass is 10.3. The van der Waals surface area contributed by atoms with Crippen molar-refractivity contribution in [3.63, 3.8) is 0 Å². The topological polar surface area (TPSA) is 81.9 Å².